The first-order valence-electron chi connectivity index (χ1n) is 6.04. The van der Waals surface area contributed by atoms with Gasteiger partial charge in [-0.1, -0.05) is 30.0 Å². The van der Waals surface area contributed by atoms with Crippen LogP contribution in [0, 0.1) is 5.82 Å². The summed E-state index contributed by atoms with van der Waals surface area (Å²) in [7, 11) is 0. The second-order valence-corrected chi connectivity index (χ2v) is 4.93. The van der Waals surface area contributed by atoms with Gasteiger partial charge in [-0.15, -0.1) is 0 Å². The molecule has 7 heteroatoms. The van der Waals surface area contributed by atoms with Crippen molar-refractivity contribution in [1.29, 1.82) is 0 Å². The van der Waals surface area contributed by atoms with Gasteiger partial charge in [0.15, 0.2) is 0 Å². The number of amides is 2. The number of thioether (sulfide) groups is 1. The van der Waals surface area contributed by atoms with Crippen LogP contribution in [0.2, 0.25) is 0 Å². The Morgan fingerprint density at radius 3 is 2.57 bits per heavy atom. The maximum absolute atomic E-state index is 13.3. The zero-order chi connectivity index (χ0) is 15.1. The van der Waals surface area contributed by atoms with Crippen molar-refractivity contribution in [3.63, 3.8) is 0 Å². The van der Waals surface area contributed by atoms with Crippen LogP contribution in [0.25, 0.3) is 0 Å². The molecule has 0 fully saturated rings. The molecule has 2 aromatic rings. The zero-order valence-electron chi connectivity index (χ0n) is 10.9. The van der Waals surface area contributed by atoms with Crippen molar-refractivity contribution < 1.29 is 14.0 Å². The molecule has 0 bridgehead atoms. The fourth-order valence-corrected chi connectivity index (χ4v) is 2.11. The molecular weight excluding hydrogens is 293 g/mol. The van der Waals surface area contributed by atoms with Gasteiger partial charge in [0.25, 0.3) is 5.91 Å². The monoisotopic (exact) mass is 305 g/mol. The molecule has 108 valence electrons. The number of benzene rings is 1. The van der Waals surface area contributed by atoms with E-state index in [1.807, 2.05) is 6.07 Å². The van der Waals surface area contributed by atoms with Crippen LogP contribution in [0.1, 0.15) is 10.4 Å². The third-order valence-electron chi connectivity index (χ3n) is 2.42. The Labute approximate surface area is 124 Å². The van der Waals surface area contributed by atoms with Gasteiger partial charge in [0, 0.05) is 6.20 Å². The number of nitrogens with one attached hydrogen (secondary N) is 2. The van der Waals surface area contributed by atoms with Crippen molar-refractivity contribution in [2.45, 2.75) is 5.03 Å². The summed E-state index contributed by atoms with van der Waals surface area (Å²) in [4.78, 5) is 27.3. The minimum Gasteiger partial charge on any atom is -0.272 e. The molecule has 0 saturated heterocycles. The highest BCUT2D eigenvalue weighted by Crippen LogP contribution is 2.12. The number of carbonyl (C=O) groups excluding carboxylic acids is 2. The maximum Gasteiger partial charge on any atom is 0.272 e. The smallest absolute Gasteiger partial charge is 0.272 e. The molecule has 2 amide bonds. The largest absolute Gasteiger partial charge is 0.272 e. The highest BCUT2D eigenvalue weighted by molar-refractivity contribution is 7.99. The fraction of sp³-hybridized carbons (Fsp3) is 0.0714. The molecule has 0 saturated carbocycles. The van der Waals surface area contributed by atoms with E-state index in [1.165, 1.54) is 36.0 Å². The third-order valence-corrected chi connectivity index (χ3v) is 3.37. The lowest BCUT2D eigenvalue weighted by atomic mass is 10.2. The Kier molecular flexibility index (Phi) is 5.28. The van der Waals surface area contributed by atoms with Crippen LogP contribution in [0.3, 0.4) is 0 Å². The van der Waals surface area contributed by atoms with Crippen LogP contribution >= 0.6 is 11.8 Å². The molecule has 0 aliphatic rings. The first-order valence-corrected chi connectivity index (χ1v) is 7.03. The van der Waals surface area contributed by atoms with Gasteiger partial charge in [-0.3, -0.25) is 20.4 Å². The molecule has 1 aromatic heterocycles. The number of nitrogens with zero attached hydrogens (tertiary/aromatic N) is 1. The van der Waals surface area contributed by atoms with E-state index in [0.717, 1.165) is 0 Å². The summed E-state index contributed by atoms with van der Waals surface area (Å²) in [6, 6.07) is 10.9. The van der Waals surface area contributed by atoms with Crippen LogP contribution in [-0.4, -0.2) is 22.6 Å². The van der Waals surface area contributed by atoms with Gasteiger partial charge < -0.3 is 0 Å². The van der Waals surface area contributed by atoms with Gasteiger partial charge in [-0.05, 0) is 24.3 Å². The molecule has 5 nitrogen and oxygen atoms in total. The Morgan fingerprint density at radius 1 is 1.10 bits per heavy atom. The van der Waals surface area contributed by atoms with E-state index in [1.54, 1.807) is 18.3 Å². The van der Waals surface area contributed by atoms with Crippen molar-refractivity contribution in [3.8, 4) is 0 Å². The van der Waals surface area contributed by atoms with E-state index in [2.05, 4.69) is 15.8 Å². The number of aromatic nitrogens is 1. The molecule has 2 N–H and O–H groups in total. The molecule has 21 heavy (non-hydrogen) atoms. The van der Waals surface area contributed by atoms with Crippen LogP contribution in [0.15, 0.2) is 53.7 Å². The molecule has 2 rings (SSSR count). The molecule has 1 aromatic carbocycles. The van der Waals surface area contributed by atoms with Crippen LogP contribution in [-0.2, 0) is 4.79 Å². The zero-order valence-corrected chi connectivity index (χ0v) is 11.7. The molecule has 0 aliphatic carbocycles. The van der Waals surface area contributed by atoms with E-state index >= 15 is 0 Å². The van der Waals surface area contributed by atoms with Gasteiger partial charge in [-0.25, -0.2) is 9.37 Å². The van der Waals surface area contributed by atoms with Gasteiger partial charge in [-0.2, -0.15) is 0 Å². The fourth-order valence-electron chi connectivity index (χ4n) is 1.45. The number of pyridine rings is 1. The maximum atomic E-state index is 13.3. The van der Waals surface area contributed by atoms with Crippen molar-refractivity contribution >= 4 is 23.6 Å². The predicted molar refractivity (Wildman–Crippen MR) is 77.0 cm³/mol. The summed E-state index contributed by atoms with van der Waals surface area (Å²) in [5.74, 6) is -1.67. The average Bonchev–Trinajstić information content (AvgIpc) is 2.52. The first-order chi connectivity index (χ1) is 10.2. The summed E-state index contributed by atoms with van der Waals surface area (Å²) in [6.07, 6.45) is 1.63. The van der Waals surface area contributed by atoms with Crippen LogP contribution in [0.4, 0.5) is 4.39 Å². The minimum absolute atomic E-state index is 0.0918. The molecule has 0 unspecified atom stereocenters. The lowest BCUT2D eigenvalue weighted by Gasteiger charge is -2.07. The summed E-state index contributed by atoms with van der Waals surface area (Å²) < 4.78 is 13.3. The Balaban J connectivity index is 1.79. The van der Waals surface area contributed by atoms with Crippen molar-refractivity contribution in [1.82, 2.24) is 15.8 Å². The molecule has 0 atom stereocenters. The van der Waals surface area contributed by atoms with E-state index < -0.39 is 17.6 Å². The lowest BCUT2D eigenvalue weighted by molar-refractivity contribution is -0.119. The second kappa shape index (κ2) is 7.39. The topological polar surface area (TPSA) is 71.1 Å². The standard InChI is InChI=1S/C14H12FN3O2S/c15-11-6-2-1-5-10(11)14(20)18-17-12(19)9-21-13-7-3-4-8-16-13/h1-8H,9H2,(H,17,19)(H,18,20). The summed E-state index contributed by atoms with van der Waals surface area (Å²) in [6.45, 7) is 0. The van der Waals surface area contributed by atoms with Crippen molar-refractivity contribution in [2.24, 2.45) is 0 Å². The number of hydrogen-bond donors (Lipinski definition) is 2. The number of hydrogen-bond acceptors (Lipinski definition) is 4. The van der Waals surface area contributed by atoms with Crippen molar-refractivity contribution in [2.75, 3.05) is 5.75 Å². The molecule has 0 spiro atoms. The second-order valence-electron chi connectivity index (χ2n) is 3.94. The molecule has 0 radical (unpaired) electrons. The van der Waals surface area contributed by atoms with Crippen LogP contribution in [0.5, 0.6) is 0 Å². The first kappa shape index (κ1) is 15.0. The Bertz CT molecular complexity index is 637. The molecular formula is C14H12FN3O2S. The normalized spacial score (nSPS) is 9.95. The van der Waals surface area contributed by atoms with Crippen LogP contribution < -0.4 is 10.9 Å². The van der Waals surface area contributed by atoms with E-state index in [-0.39, 0.29) is 11.3 Å². The minimum atomic E-state index is -0.704. The number of halogens is 1. The number of hydrazine groups is 1. The lowest BCUT2D eigenvalue weighted by Crippen LogP contribution is -2.42. The average molecular weight is 305 g/mol. The van der Waals surface area contributed by atoms with E-state index in [9.17, 15) is 14.0 Å². The van der Waals surface area contributed by atoms with Crippen molar-refractivity contribution in [3.05, 3.63) is 60.0 Å². The van der Waals surface area contributed by atoms with Gasteiger partial charge >= 0.3 is 0 Å². The summed E-state index contributed by atoms with van der Waals surface area (Å²) in [5, 5.41) is 0.702. The Hall–Kier alpha value is -2.41. The highest BCUT2D eigenvalue weighted by atomic mass is 32.2. The third kappa shape index (κ3) is 4.57. The number of rotatable bonds is 4. The number of carbonyl (C=O) groups is 2. The Morgan fingerprint density at radius 2 is 1.86 bits per heavy atom. The predicted octanol–water partition coefficient (Wildman–Crippen LogP) is 1.77. The molecule has 0 aliphatic heterocycles. The molecule has 1 heterocycles. The van der Waals surface area contributed by atoms with Gasteiger partial charge in [0.1, 0.15) is 5.82 Å². The SMILES string of the molecule is O=C(CSc1ccccn1)NNC(=O)c1ccccc1F. The van der Waals surface area contributed by atoms with E-state index in [0.29, 0.717) is 5.03 Å². The van der Waals surface area contributed by atoms with E-state index in [4.69, 9.17) is 0 Å². The summed E-state index contributed by atoms with van der Waals surface area (Å²) in [5.41, 5.74) is 4.26. The summed E-state index contributed by atoms with van der Waals surface area (Å²) >= 11 is 1.23. The quantitative estimate of drug-likeness (QED) is 0.667. The van der Waals surface area contributed by atoms with Gasteiger partial charge in [0.05, 0.1) is 16.3 Å². The highest BCUT2D eigenvalue weighted by Gasteiger charge is 2.11. The van der Waals surface area contributed by atoms with Gasteiger partial charge in [0.2, 0.25) is 5.91 Å².